The Labute approximate surface area is 156 Å². The van der Waals surface area contributed by atoms with Crippen molar-refractivity contribution in [3.05, 3.63) is 35.4 Å². The molecule has 5 N–H and O–H groups in total. The number of rotatable bonds is 8. The second-order valence-electron chi connectivity index (χ2n) is 6.14. The number of halogens is 1. The second kappa shape index (κ2) is 11.3. The van der Waals surface area contributed by atoms with Gasteiger partial charge in [0.25, 0.3) is 0 Å². The number of aliphatic imine (C=N–C) groups is 1. The van der Waals surface area contributed by atoms with Gasteiger partial charge in [0.1, 0.15) is 0 Å². The summed E-state index contributed by atoms with van der Waals surface area (Å²) in [5, 5.41) is 3.20. The number of carbonyl (C=O) groups is 1. The van der Waals surface area contributed by atoms with E-state index in [-0.39, 0.29) is 24.0 Å². The number of guanidine groups is 1. The van der Waals surface area contributed by atoms with Gasteiger partial charge in [0.15, 0.2) is 5.96 Å². The van der Waals surface area contributed by atoms with Crippen LogP contribution in [0.4, 0.5) is 0 Å². The van der Waals surface area contributed by atoms with Crippen LogP contribution in [-0.4, -0.2) is 17.9 Å². The van der Waals surface area contributed by atoms with E-state index in [9.17, 15) is 4.79 Å². The third-order valence-corrected chi connectivity index (χ3v) is 3.46. The van der Waals surface area contributed by atoms with Crippen molar-refractivity contribution in [2.45, 2.75) is 52.6 Å². The Morgan fingerprint density at radius 1 is 1.22 bits per heavy atom. The van der Waals surface area contributed by atoms with Crippen LogP contribution in [0, 0.1) is 5.92 Å². The summed E-state index contributed by atoms with van der Waals surface area (Å²) in [5.74, 6) is 0.730. The molecule has 0 saturated carbocycles. The van der Waals surface area contributed by atoms with Crippen LogP contribution in [0.3, 0.4) is 0 Å². The van der Waals surface area contributed by atoms with Crippen molar-refractivity contribution in [3.8, 4) is 0 Å². The number of amides is 1. The van der Waals surface area contributed by atoms with Crippen LogP contribution in [-0.2, 0) is 6.54 Å². The molecule has 1 rings (SSSR count). The monoisotopic (exact) mass is 432 g/mol. The summed E-state index contributed by atoms with van der Waals surface area (Å²) < 4.78 is 0. The minimum atomic E-state index is -0.435. The summed E-state index contributed by atoms with van der Waals surface area (Å²) in [6.45, 7) is 7.00. The highest BCUT2D eigenvalue weighted by Gasteiger charge is 2.04. The van der Waals surface area contributed by atoms with E-state index in [1.165, 1.54) is 12.8 Å². The summed E-state index contributed by atoms with van der Waals surface area (Å²) >= 11 is 0. The maximum absolute atomic E-state index is 11.1. The summed E-state index contributed by atoms with van der Waals surface area (Å²) in [6.07, 6.45) is 3.48. The first kappa shape index (κ1) is 21.7. The molecule has 1 unspecified atom stereocenters. The molecular formula is C17H29IN4O. The van der Waals surface area contributed by atoms with Gasteiger partial charge in [-0.3, -0.25) is 4.79 Å². The van der Waals surface area contributed by atoms with Gasteiger partial charge in [0.2, 0.25) is 5.91 Å². The van der Waals surface area contributed by atoms with Crippen molar-refractivity contribution in [2.24, 2.45) is 22.4 Å². The highest BCUT2D eigenvalue weighted by Crippen LogP contribution is 2.08. The predicted molar refractivity (Wildman–Crippen MR) is 107 cm³/mol. The zero-order chi connectivity index (χ0) is 16.5. The van der Waals surface area contributed by atoms with E-state index in [1.807, 2.05) is 6.07 Å². The topological polar surface area (TPSA) is 93.5 Å². The first-order valence-electron chi connectivity index (χ1n) is 7.83. The van der Waals surface area contributed by atoms with Crippen LogP contribution >= 0.6 is 24.0 Å². The minimum Gasteiger partial charge on any atom is -0.370 e. The van der Waals surface area contributed by atoms with Crippen molar-refractivity contribution in [1.82, 2.24) is 5.32 Å². The number of hydrogen-bond acceptors (Lipinski definition) is 2. The smallest absolute Gasteiger partial charge is 0.248 e. The summed E-state index contributed by atoms with van der Waals surface area (Å²) in [6, 6.07) is 7.43. The Bertz CT molecular complexity index is 517. The van der Waals surface area contributed by atoms with Gasteiger partial charge in [-0.1, -0.05) is 38.8 Å². The lowest BCUT2D eigenvalue weighted by atomic mass is 10.0. The molecular weight excluding hydrogens is 403 g/mol. The molecule has 23 heavy (non-hydrogen) atoms. The molecule has 1 amide bonds. The van der Waals surface area contributed by atoms with Crippen LogP contribution in [0.2, 0.25) is 0 Å². The van der Waals surface area contributed by atoms with Crippen LogP contribution < -0.4 is 16.8 Å². The molecule has 0 radical (unpaired) electrons. The van der Waals surface area contributed by atoms with Gasteiger partial charge in [-0.05, 0) is 37.0 Å². The summed E-state index contributed by atoms with van der Waals surface area (Å²) in [7, 11) is 0. The van der Waals surface area contributed by atoms with Gasteiger partial charge in [0.05, 0.1) is 6.54 Å². The summed E-state index contributed by atoms with van der Waals surface area (Å²) in [4.78, 5) is 15.4. The normalized spacial score (nSPS) is 12.6. The lowest BCUT2D eigenvalue weighted by Crippen LogP contribution is -2.38. The zero-order valence-corrected chi connectivity index (χ0v) is 16.5. The van der Waals surface area contributed by atoms with E-state index in [0.717, 1.165) is 17.9 Å². The van der Waals surface area contributed by atoms with Crippen LogP contribution in [0.1, 0.15) is 56.0 Å². The fraction of sp³-hybridized carbons (Fsp3) is 0.529. The van der Waals surface area contributed by atoms with E-state index in [2.05, 4.69) is 31.1 Å². The van der Waals surface area contributed by atoms with Crippen molar-refractivity contribution in [2.75, 3.05) is 0 Å². The molecule has 6 heteroatoms. The van der Waals surface area contributed by atoms with Crippen molar-refractivity contribution in [3.63, 3.8) is 0 Å². The highest BCUT2D eigenvalue weighted by atomic mass is 127. The molecule has 0 aliphatic rings. The van der Waals surface area contributed by atoms with Gasteiger partial charge >= 0.3 is 0 Å². The molecule has 0 aliphatic carbocycles. The lowest BCUT2D eigenvalue weighted by molar-refractivity contribution is 0.1000. The number of nitrogens with two attached hydrogens (primary N) is 2. The maximum Gasteiger partial charge on any atom is 0.248 e. The fourth-order valence-electron chi connectivity index (χ4n) is 2.20. The van der Waals surface area contributed by atoms with E-state index in [1.54, 1.807) is 18.2 Å². The zero-order valence-electron chi connectivity index (χ0n) is 14.2. The van der Waals surface area contributed by atoms with Crippen molar-refractivity contribution in [1.29, 1.82) is 0 Å². The maximum atomic E-state index is 11.1. The van der Waals surface area contributed by atoms with Gasteiger partial charge in [-0.2, -0.15) is 0 Å². The van der Waals surface area contributed by atoms with Crippen LogP contribution in [0.5, 0.6) is 0 Å². The average Bonchev–Trinajstić information content (AvgIpc) is 2.45. The van der Waals surface area contributed by atoms with E-state index in [4.69, 9.17) is 11.5 Å². The van der Waals surface area contributed by atoms with Gasteiger partial charge in [-0.15, -0.1) is 24.0 Å². The fourth-order valence-corrected chi connectivity index (χ4v) is 2.20. The quantitative estimate of drug-likeness (QED) is 0.335. The molecule has 0 fully saturated rings. The third-order valence-electron chi connectivity index (χ3n) is 3.46. The molecule has 0 bridgehead atoms. The molecule has 1 aromatic rings. The van der Waals surface area contributed by atoms with Crippen LogP contribution in [0.15, 0.2) is 29.3 Å². The molecule has 0 aliphatic heterocycles. The van der Waals surface area contributed by atoms with Crippen molar-refractivity contribution < 1.29 is 4.79 Å². The first-order chi connectivity index (χ1) is 10.4. The van der Waals surface area contributed by atoms with Crippen LogP contribution in [0.25, 0.3) is 0 Å². The molecule has 1 aromatic carbocycles. The third kappa shape index (κ3) is 9.43. The Morgan fingerprint density at radius 3 is 2.52 bits per heavy atom. The Balaban J connectivity index is 0.00000484. The predicted octanol–water partition coefficient (Wildman–Crippen LogP) is 3.02. The molecule has 0 aromatic heterocycles. The molecule has 1 atom stereocenters. The highest BCUT2D eigenvalue weighted by molar-refractivity contribution is 14.0. The summed E-state index contributed by atoms with van der Waals surface area (Å²) in [5.41, 5.74) is 12.6. The Morgan fingerprint density at radius 2 is 1.91 bits per heavy atom. The molecule has 5 nitrogen and oxygen atoms in total. The number of nitrogens with zero attached hydrogens (tertiary/aromatic N) is 1. The number of benzene rings is 1. The van der Waals surface area contributed by atoms with E-state index in [0.29, 0.717) is 24.1 Å². The average molecular weight is 432 g/mol. The van der Waals surface area contributed by atoms with Gasteiger partial charge in [0, 0.05) is 11.6 Å². The number of nitrogens with one attached hydrogen (secondary N) is 1. The van der Waals surface area contributed by atoms with Crippen molar-refractivity contribution >= 4 is 35.8 Å². The molecule has 0 heterocycles. The first-order valence-corrected chi connectivity index (χ1v) is 7.83. The van der Waals surface area contributed by atoms with Gasteiger partial charge in [-0.25, -0.2) is 4.99 Å². The molecule has 0 spiro atoms. The van der Waals surface area contributed by atoms with Gasteiger partial charge < -0.3 is 16.8 Å². The van der Waals surface area contributed by atoms with E-state index < -0.39 is 5.91 Å². The van der Waals surface area contributed by atoms with E-state index >= 15 is 0 Å². The minimum absolute atomic E-state index is 0. The molecule has 130 valence electrons. The lowest BCUT2D eigenvalue weighted by Gasteiger charge is -2.15. The number of carbonyl (C=O) groups excluding carboxylic acids is 1. The largest absolute Gasteiger partial charge is 0.370 e. The SMILES string of the molecule is CC(C)CCCC(C)NC(N)=NCc1cccc(C(N)=O)c1.I. The number of hydrogen-bond donors (Lipinski definition) is 3. The second-order valence-corrected chi connectivity index (χ2v) is 6.14. The standard InChI is InChI=1S/C17H28N4O.HI/c1-12(2)6-4-7-13(3)21-17(19)20-11-14-8-5-9-15(10-14)16(18)22;/h5,8-10,12-13H,4,6-7,11H2,1-3H3,(H2,18,22)(H3,19,20,21);1H. The number of primary amides is 1. The Kier molecular flexibility index (Phi) is 10.6. The Hall–Kier alpha value is -1.31. The molecule has 0 saturated heterocycles.